The lowest BCUT2D eigenvalue weighted by Crippen LogP contribution is -2.22. The highest BCUT2D eigenvalue weighted by Gasteiger charge is 2.08. The van der Waals surface area contributed by atoms with E-state index in [1.807, 2.05) is 37.3 Å². The highest BCUT2D eigenvalue weighted by Crippen LogP contribution is 2.10. The Hall–Kier alpha value is -2.56. The van der Waals surface area contributed by atoms with Crippen LogP contribution < -0.4 is 10.9 Å². The number of aromatic amines is 1. The van der Waals surface area contributed by atoms with Gasteiger partial charge in [-0.2, -0.15) is 0 Å². The second-order valence-electron chi connectivity index (χ2n) is 4.76. The van der Waals surface area contributed by atoms with Crippen LogP contribution in [0.15, 0.2) is 51.9 Å². The Morgan fingerprint density at radius 1 is 1.30 bits per heavy atom. The molecule has 102 valence electrons. The third kappa shape index (κ3) is 2.56. The number of para-hydroxylation sites is 1. The first kappa shape index (κ1) is 12.5. The quantitative estimate of drug-likeness (QED) is 0.763. The minimum Gasteiger partial charge on any atom is -0.469 e. The van der Waals surface area contributed by atoms with E-state index in [4.69, 9.17) is 4.42 Å². The van der Waals surface area contributed by atoms with Gasteiger partial charge in [-0.15, -0.1) is 0 Å². The summed E-state index contributed by atoms with van der Waals surface area (Å²) in [5.74, 6) is 1.38. The van der Waals surface area contributed by atoms with Crippen molar-refractivity contribution in [2.75, 3.05) is 5.32 Å². The molecular weight excluding hydrogens is 254 g/mol. The van der Waals surface area contributed by atoms with E-state index in [2.05, 4.69) is 15.3 Å². The molecule has 1 unspecified atom stereocenters. The van der Waals surface area contributed by atoms with E-state index in [1.165, 1.54) is 0 Å². The molecule has 2 heterocycles. The smallest absolute Gasteiger partial charge is 0.260 e. The monoisotopic (exact) mass is 269 g/mol. The van der Waals surface area contributed by atoms with Crippen LogP contribution in [0.2, 0.25) is 0 Å². The van der Waals surface area contributed by atoms with Crippen molar-refractivity contribution in [3.8, 4) is 0 Å². The molecule has 0 aliphatic rings. The Kier molecular flexibility index (Phi) is 3.25. The highest BCUT2D eigenvalue weighted by molar-refractivity contribution is 5.78. The number of benzene rings is 1. The molecule has 0 radical (unpaired) electrons. The van der Waals surface area contributed by atoms with Crippen molar-refractivity contribution < 1.29 is 4.42 Å². The molecule has 3 rings (SSSR count). The fourth-order valence-corrected chi connectivity index (χ4v) is 2.17. The first-order valence-electron chi connectivity index (χ1n) is 6.50. The van der Waals surface area contributed by atoms with Crippen LogP contribution >= 0.6 is 0 Å². The minimum absolute atomic E-state index is 0.102. The SMILES string of the molecule is CC(Cc1ccco1)Nc1nc2ccccc2c(=O)[nH]1. The second-order valence-corrected chi connectivity index (χ2v) is 4.76. The zero-order valence-corrected chi connectivity index (χ0v) is 11.1. The summed E-state index contributed by atoms with van der Waals surface area (Å²) in [5.41, 5.74) is 0.548. The number of rotatable bonds is 4. The Labute approximate surface area is 115 Å². The van der Waals surface area contributed by atoms with Crippen LogP contribution in [0.4, 0.5) is 5.95 Å². The topological polar surface area (TPSA) is 70.9 Å². The van der Waals surface area contributed by atoms with Crippen molar-refractivity contribution in [2.45, 2.75) is 19.4 Å². The highest BCUT2D eigenvalue weighted by atomic mass is 16.3. The van der Waals surface area contributed by atoms with E-state index in [9.17, 15) is 4.79 Å². The standard InChI is InChI=1S/C15H15N3O2/c1-10(9-11-5-4-8-20-11)16-15-17-13-7-3-2-6-12(13)14(19)18-15/h2-8,10H,9H2,1H3,(H2,16,17,18,19). The molecule has 5 nitrogen and oxygen atoms in total. The summed E-state index contributed by atoms with van der Waals surface area (Å²) >= 11 is 0. The number of aromatic nitrogens is 2. The van der Waals surface area contributed by atoms with E-state index < -0.39 is 0 Å². The number of nitrogens with zero attached hydrogens (tertiary/aromatic N) is 1. The average Bonchev–Trinajstić information content (AvgIpc) is 2.91. The summed E-state index contributed by atoms with van der Waals surface area (Å²) in [7, 11) is 0. The molecule has 20 heavy (non-hydrogen) atoms. The van der Waals surface area contributed by atoms with Crippen molar-refractivity contribution in [3.05, 3.63) is 58.8 Å². The van der Waals surface area contributed by atoms with Gasteiger partial charge in [0, 0.05) is 12.5 Å². The van der Waals surface area contributed by atoms with Crippen LogP contribution in [-0.2, 0) is 6.42 Å². The van der Waals surface area contributed by atoms with Gasteiger partial charge in [0.2, 0.25) is 5.95 Å². The van der Waals surface area contributed by atoms with E-state index in [1.54, 1.807) is 12.3 Å². The number of furan rings is 1. The molecule has 2 N–H and O–H groups in total. The van der Waals surface area contributed by atoms with Gasteiger partial charge < -0.3 is 9.73 Å². The van der Waals surface area contributed by atoms with Crippen LogP contribution in [0.3, 0.4) is 0 Å². The van der Waals surface area contributed by atoms with E-state index >= 15 is 0 Å². The van der Waals surface area contributed by atoms with Crippen LogP contribution in [0.1, 0.15) is 12.7 Å². The zero-order chi connectivity index (χ0) is 13.9. The van der Waals surface area contributed by atoms with Crippen molar-refractivity contribution >= 4 is 16.9 Å². The molecular formula is C15H15N3O2. The summed E-state index contributed by atoms with van der Waals surface area (Å²) in [5, 5.41) is 3.78. The van der Waals surface area contributed by atoms with E-state index in [-0.39, 0.29) is 11.6 Å². The number of anilines is 1. The lowest BCUT2D eigenvalue weighted by atomic mass is 10.2. The molecule has 3 aromatic rings. The summed E-state index contributed by atoms with van der Waals surface area (Å²) in [6, 6.07) is 11.2. The van der Waals surface area contributed by atoms with Crippen LogP contribution in [-0.4, -0.2) is 16.0 Å². The predicted octanol–water partition coefficient (Wildman–Crippen LogP) is 2.56. The fourth-order valence-electron chi connectivity index (χ4n) is 2.17. The van der Waals surface area contributed by atoms with Gasteiger partial charge in [0.05, 0.1) is 17.2 Å². The first-order valence-corrected chi connectivity index (χ1v) is 6.50. The number of hydrogen-bond donors (Lipinski definition) is 2. The third-order valence-electron chi connectivity index (χ3n) is 3.08. The van der Waals surface area contributed by atoms with Gasteiger partial charge in [-0.3, -0.25) is 9.78 Å². The van der Waals surface area contributed by atoms with Gasteiger partial charge in [0.25, 0.3) is 5.56 Å². The number of nitrogens with one attached hydrogen (secondary N) is 2. The molecule has 0 fully saturated rings. The summed E-state index contributed by atoms with van der Waals surface area (Å²) in [6.45, 7) is 2.01. The lowest BCUT2D eigenvalue weighted by Gasteiger charge is -2.13. The Morgan fingerprint density at radius 2 is 2.15 bits per heavy atom. The molecule has 0 saturated carbocycles. The first-order chi connectivity index (χ1) is 9.72. The fraction of sp³-hybridized carbons (Fsp3) is 0.200. The minimum atomic E-state index is -0.136. The zero-order valence-electron chi connectivity index (χ0n) is 11.1. The maximum Gasteiger partial charge on any atom is 0.260 e. The van der Waals surface area contributed by atoms with Crippen LogP contribution in [0.25, 0.3) is 10.9 Å². The van der Waals surface area contributed by atoms with Crippen molar-refractivity contribution in [2.24, 2.45) is 0 Å². The maximum atomic E-state index is 11.9. The van der Waals surface area contributed by atoms with Crippen LogP contribution in [0, 0.1) is 0 Å². The van der Waals surface area contributed by atoms with Crippen molar-refractivity contribution in [1.29, 1.82) is 0 Å². The Morgan fingerprint density at radius 3 is 2.95 bits per heavy atom. The summed E-state index contributed by atoms with van der Waals surface area (Å²) in [4.78, 5) is 19.1. The third-order valence-corrected chi connectivity index (χ3v) is 3.08. The molecule has 0 amide bonds. The summed E-state index contributed by atoms with van der Waals surface area (Å²) in [6.07, 6.45) is 2.38. The number of fused-ring (bicyclic) bond motifs is 1. The van der Waals surface area contributed by atoms with Gasteiger partial charge in [-0.1, -0.05) is 12.1 Å². The van der Waals surface area contributed by atoms with Gasteiger partial charge in [-0.25, -0.2) is 4.98 Å². The molecule has 5 heteroatoms. The lowest BCUT2D eigenvalue weighted by molar-refractivity contribution is 0.497. The van der Waals surface area contributed by atoms with Crippen molar-refractivity contribution in [3.63, 3.8) is 0 Å². The molecule has 0 saturated heterocycles. The average molecular weight is 269 g/mol. The molecule has 0 aliphatic carbocycles. The largest absolute Gasteiger partial charge is 0.469 e. The number of H-pyrrole nitrogens is 1. The predicted molar refractivity (Wildman–Crippen MR) is 77.9 cm³/mol. The molecule has 1 aromatic carbocycles. The van der Waals surface area contributed by atoms with Gasteiger partial charge >= 0.3 is 0 Å². The summed E-state index contributed by atoms with van der Waals surface area (Å²) < 4.78 is 5.30. The van der Waals surface area contributed by atoms with Gasteiger partial charge in [0.1, 0.15) is 5.76 Å². The van der Waals surface area contributed by atoms with Crippen molar-refractivity contribution in [1.82, 2.24) is 9.97 Å². The van der Waals surface area contributed by atoms with Gasteiger partial charge in [-0.05, 0) is 31.2 Å². The van der Waals surface area contributed by atoms with Gasteiger partial charge in [0.15, 0.2) is 0 Å². The molecule has 0 spiro atoms. The maximum absolute atomic E-state index is 11.9. The second kappa shape index (κ2) is 5.21. The molecule has 0 bridgehead atoms. The Bertz CT molecular complexity index is 762. The molecule has 0 aliphatic heterocycles. The molecule has 2 aromatic heterocycles. The van der Waals surface area contributed by atoms with Crippen LogP contribution in [0.5, 0.6) is 0 Å². The molecule has 1 atom stereocenters. The normalized spacial score (nSPS) is 12.4. The number of hydrogen-bond acceptors (Lipinski definition) is 4. The van der Waals surface area contributed by atoms with E-state index in [0.29, 0.717) is 16.9 Å². The van der Waals surface area contributed by atoms with E-state index in [0.717, 1.165) is 12.2 Å². The Balaban J connectivity index is 1.82.